The highest BCUT2D eigenvalue weighted by molar-refractivity contribution is 7.89. The molecule has 0 radical (unpaired) electrons. The van der Waals surface area contributed by atoms with E-state index >= 15 is 0 Å². The molecule has 0 bridgehead atoms. The van der Waals surface area contributed by atoms with Gasteiger partial charge in [0.1, 0.15) is 5.01 Å². The molecule has 4 rings (SSSR count). The Morgan fingerprint density at radius 2 is 1.83 bits per heavy atom. The fourth-order valence-electron chi connectivity index (χ4n) is 3.33. The first-order valence-electron chi connectivity index (χ1n) is 9.49. The van der Waals surface area contributed by atoms with Crippen LogP contribution in [0.1, 0.15) is 16.1 Å². The number of amides is 1. The lowest BCUT2D eigenvalue weighted by Gasteiger charge is -2.33. The molecule has 10 heteroatoms. The maximum absolute atomic E-state index is 12.9. The first kappa shape index (κ1) is 21.1. The van der Waals surface area contributed by atoms with Crippen LogP contribution in [0.25, 0.3) is 10.6 Å². The molecule has 158 valence electrons. The zero-order chi connectivity index (χ0) is 21.1. The number of piperazine rings is 1. The molecule has 3 aromatic rings. The van der Waals surface area contributed by atoms with E-state index in [0.29, 0.717) is 31.7 Å². The summed E-state index contributed by atoms with van der Waals surface area (Å²) in [4.78, 5) is 18.8. The van der Waals surface area contributed by atoms with Gasteiger partial charge in [0.15, 0.2) is 0 Å². The molecular formula is C20H22N4O3S3. The number of nitrogens with one attached hydrogen (secondary N) is 1. The van der Waals surface area contributed by atoms with Gasteiger partial charge in [-0.3, -0.25) is 9.69 Å². The predicted molar refractivity (Wildman–Crippen MR) is 119 cm³/mol. The second kappa shape index (κ2) is 8.94. The third-order valence-electron chi connectivity index (χ3n) is 5.02. The van der Waals surface area contributed by atoms with Gasteiger partial charge in [0.25, 0.3) is 5.91 Å². The van der Waals surface area contributed by atoms with Crippen molar-refractivity contribution in [3.63, 3.8) is 0 Å². The van der Waals surface area contributed by atoms with Crippen LogP contribution < -0.4 is 5.32 Å². The number of carbonyl (C=O) groups excluding carboxylic acids is 1. The number of thiazole rings is 1. The second-order valence-corrected chi connectivity index (χ2v) is 10.5. The quantitative estimate of drug-likeness (QED) is 0.609. The Balaban J connectivity index is 1.36. The largest absolute Gasteiger partial charge is 0.355 e. The Kier molecular flexibility index (Phi) is 6.30. The van der Waals surface area contributed by atoms with Gasteiger partial charge in [-0.1, -0.05) is 0 Å². The number of thiophene rings is 1. The molecule has 30 heavy (non-hydrogen) atoms. The van der Waals surface area contributed by atoms with Crippen molar-refractivity contribution in [2.24, 2.45) is 0 Å². The van der Waals surface area contributed by atoms with Gasteiger partial charge in [0.05, 0.1) is 10.6 Å². The van der Waals surface area contributed by atoms with Crippen LogP contribution in [-0.4, -0.2) is 61.7 Å². The summed E-state index contributed by atoms with van der Waals surface area (Å²) >= 11 is 3.29. The number of aromatic nitrogens is 1. The van der Waals surface area contributed by atoms with Gasteiger partial charge in [0.2, 0.25) is 10.0 Å². The van der Waals surface area contributed by atoms with Gasteiger partial charge >= 0.3 is 0 Å². The van der Waals surface area contributed by atoms with Crippen LogP contribution in [0.2, 0.25) is 0 Å². The SMILES string of the molecule is CNC(=O)c1ccc(S(=O)(=O)N2CCN(Cc3csc(-c4ccsc4)n3)CC2)cc1. The summed E-state index contributed by atoms with van der Waals surface area (Å²) in [7, 11) is -2.03. The summed E-state index contributed by atoms with van der Waals surface area (Å²) < 4.78 is 27.4. The minimum atomic E-state index is -3.57. The van der Waals surface area contributed by atoms with Gasteiger partial charge in [-0.25, -0.2) is 13.4 Å². The highest BCUT2D eigenvalue weighted by Gasteiger charge is 2.28. The highest BCUT2D eigenvalue weighted by atomic mass is 32.2. The van der Waals surface area contributed by atoms with Crippen molar-refractivity contribution in [3.8, 4) is 10.6 Å². The molecular weight excluding hydrogens is 440 g/mol. The molecule has 0 saturated carbocycles. The summed E-state index contributed by atoms with van der Waals surface area (Å²) in [5, 5.41) is 9.76. The Bertz CT molecular complexity index is 1100. The predicted octanol–water partition coefficient (Wildman–Crippen LogP) is 2.74. The Morgan fingerprint density at radius 3 is 2.47 bits per heavy atom. The van der Waals surface area contributed by atoms with Gasteiger partial charge in [-0.05, 0) is 35.7 Å². The molecule has 3 heterocycles. The summed E-state index contributed by atoms with van der Waals surface area (Å²) in [6.45, 7) is 2.89. The molecule has 1 aliphatic rings. The van der Waals surface area contributed by atoms with Gasteiger partial charge < -0.3 is 5.32 Å². The van der Waals surface area contributed by atoms with Crippen molar-refractivity contribution in [2.45, 2.75) is 11.4 Å². The number of nitrogens with zero attached hydrogens (tertiary/aromatic N) is 3. The molecule has 7 nitrogen and oxygen atoms in total. The van der Waals surface area contributed by atoms with Crippen molar-refractivity contribution in [1.82, 2.24) is 19.5 Å². The summed E-state index contributed by atoms with van der Waals surface area (Å²) in [5.41, 5.74) is 2.60. The van der Waals surface area contributed by atoms with Crippen LogP contribution in [0.15, 0.2) is 51.4 Å². The number of sulfonamides is 1. The molecule has 1 saturated heterocycles. The van der Waals surface area contributed by atoms with Crippen LogP contribution in [-0.2, 0) is 16.6 Å². The molecule has 0 atom stereocenters. The lowest BCUT2D eigenvalue weighted by molar-refractivity contribution is 0.0963. The zero-order valence-electron chi connectivity index (χ0n) is 16.4. The monoisotopic (exact) mass is 462 g/mol. The average molecular weight is 463 g/mol. The van der Waals surface area contributed by atoms with Crippen molar-refractivity contribution in [1.29, 1.82) is 0 Å². The first-order chi connectivity index (χ1) is 14.5. The summed E-state index contributed by atoms with van der Waals surface area (Å²) in [6, 6.07) is 8.13. The van der Waals surface area contributed by atoms with E-state index in [1.807, 2.05) is 5.38 Å². The van der Waals surface area contributed by atoms with Crippen molar-refractivity contribution in [3.05, 3.63) is 57.7 Å². The zero-order valence-corrected chi connectivity index (χ0v) is 18.9. The van der Waals surface area contributed by atoms with Crippen LogP contribution in [0.5, 0.6) is 0 Å². The molecule has 2 aromatic heterocycles. The van der Waals surface area contributed by atoms with Crippen molar-refractivity contribution < 1.29 is 13.2 Å². The minimum absolute atomic E-state index is 0.212. The fourth-order valence-corrected chi connectivity index (χ4v) is 6.27. The van der Waals surface area contributed by atoms with Crippen LogP contribution >= 0.6 is 22.7 Å². The smallest absolute Gasteiger partial charge is 0.251 e. The van der Waals surface area contributed by atoms with E-state index < -0.39 is 10.0 Å². The number of rotatable bonds is 6. The Hall–Kier alpha value is -2.11. The van der Waals surface area contributed by atoms with Crippen LogP contribution in [0.3, 0.4) is 0 Å². The molecule has 1 N–H and O–H groups in total. The average Bonchev–Trinajstić information content (AvgIpc) is 3.46. The number of hydrogen-bond donors (Lipinski definition) is 1. The number of benzene rings is 1. The maximum Gasteiger partial charge on any atom is 0.251 e. The van der Waals surface area contributed by atoms with Crippen molar-refractivity contribution >= 4 is 38.6 Å². The highest BCUT2D eigenvalue weighted by Crippen LogP contribution is 2.26. The Morgan fingerprint density at radius 1 is 1.10 bits per heavy atom. The van der Waals surface area contributed by atoms with E-state index in [1.54, 1.807) is 29.7 Å². The van der Waals surface area contributed by atoms with E-state index in [9.17, 15) is 13.2 Å². The van der Waals surface area contributed by atoms with Gasteiger partial charge in [-0.15, -0.1) is 11.3 Å². The topological polar surface area (TPSA) is 82.6 Å². The molecule has 0 unspecified atom stereocenters. The number of hydrogen-bond acceptors (Lipinski definition) is 7. The summed E-state index contributed by atoms with van der Waals surface area (Å²) in [5.74, 6) is -0.239. The van der Waals surface area contributed by atoms with Crippen molar-refractivity contribution in [2.75, 3.05) is 33.2 Å². The molecule has 0 aliphatic carbocycles. The summed E-state index contributed by atoms with van der Waals surface area (Å²) in [6.07, 6.45) is 0. The molecule has 1 amide bonds. The first-order valence-corrected chi connectivity index (χ1v) is 12.8. The third-order valence-corrected chi connectivity index (χ3v) is 8.55. The molecule has 1 aromatic carbocycles. The van der Waals surface area contributed by atoms with Gasteiger partial charge in [-0.2, -0.15) is 15.6 Å². The molecule has 0 spiro atoms. The van der Waals surface area contributed by atoms with Crippen LogP contribution in [0, 0.1) is 0 Å². The van der Waals surface area contributed by atoms with E-state index in [4.69, 9.17) is 4.98 Å². The molecule has 1 aliphatic heterocycles. The van der Waals surface area contributed by atoms with Gasteiger partial charge in [0, 0.05) is 61.7 Å². The normalized spacial score (nSPS) is 15.9. The second-order valence-electron chi connectivity index (χ2n) is 6.94. The van der Waals surface area contributed by atoms with Crippen LogP contribution in [0.4, 0.5) is 0 Å². The van der Waals surface area contributed by atoms with E-state index in [-0.39, 0.29) is 10.8 Å². The minimum Gasteiger partial charge on any atom is -0.355 e. The lowest BCUT2D eigenvalue weighted by Crippen LogP contribution is -2.48. The lowest BCUT2D eigenvalue weighted by atomic mass is 10.2. The standard InChI is InChI=1S/C20H22N4O3S3/c1-21-19(25)15-2-4-18(5-3-15)30(26,27)24-9-7-23(8-10-24)12-17-14-29-20(22-17)16-6-11-28-13-16/h2-6,11,13-14H,7-10,12H2,1H3,(H,21,25). The maximum atomic E-state index is 12.9. The fraction of sp³-hybridized carbons (Fsp3) is 0.300. The Labute approximate surface area is 184 Å². The van der Waals surface area contributed by atoms with E-state index in [2.05, 4.69) is 27.0 Å². The van der Waals surface area contributed by atoms with E-state index in [0.717, 1.165) is 22.8 Å². The molecule has 1 fully saturated rings. The van der Waals surface area contributed by atoms with E-state index in [1.165, 1.54) is 28.6 Å². The third kappa shape index (κ3) is 4.47. The number of carbonyl (C=O) groups is 1.